The van der Waals surface area contributed by atoms with Gasteiger partial charge in [0.1, 0.15) is 0 Å². The van der Waals surface area contributed by atoms with Gasteiger partial charge in [-0.15, -0.1) is 0 Å². The molecule has 0 aliphatic heterocycles. The second kappa shape index (κ2) is 6.99. The summed E-state index contributed by atoms with van der Waals surface area (Å²) < 4.78 is 32.4. The third-order valence-electron chi connectivity index (χ3n) is 2.78. The molecule has 7 nitrogen and oxygen atoms in total. The van der Waals surface area contributed by atoms with Gasteiger partial charge in [-0.25, -0.2) is 13.1 Å². The zero-order chi connectivity index (χ0) is 14.5. The van der Waals surface area contributed by atoms with Gasteiger partial charge in [0, 0.05) is 24.8 Å². The number of nitrogens with two attached hydrogens (primary N) is 1. The highest BCUT2D eigenvalue weighted by Crippen LogP contribution is 2.13. The first-order chi connectivity index (χ1) is 8.92. The van der Waals surface area contributed by atoms with Crippen molar-refractivity contribution < 1.29 is 13.2 Å². The number of ether oxygens (including phenoxy) is 1. The number of hydrogen-bond acceptors (Lipinski definition) is 5. The number of sulfonamides is 1. The third kappa shape index (κ3) is 4.27. The number of rotatable bonds is 8. The van der Waals surface area contributed by atoms with Gasteiger partial charge in [-0.05, 0) is 12.8 Å². The predicted octanol–water partition coefficient (Wildman–Crippen LogP) is 0.208. The van der Waals surface area contributed by atoms with Crippen LogP contribution in [0.25, 0.3) is 0 Å². The molecule has 0 bridgehead atoms. The van der Waals surface area contributed by atoms with Gasteiger partial charge >= 0.3 is 0 Å². The second-order valence-electron chi connectivity index (χ2n) is 4.56. The topological polar surface area (TPSA) is 110 Å². The molecule has 0 saturated heterocycles. The monoisotopic (exact) mass is 290 g/mol. The van der Waals surface area contributed by atoms with Gasteiger partial charge in [-0.3, -0.25) is 5.10 Å². The summed E-state index contributed by atoms with van der Waals surface area (Å²) in [6.45, 7) is 6.73. The summed E-state index contributed by atoms with van der Waals surface area (Å²) in [5.74, 6) is 0.116. The van der Waals surface area contributed by atoms with Gasteiger partial charge in [0.05, 0.1) is 12.8 Å². The molecule has 1 heterocycles. The molecule has 8 heteroatoms. The normalized spacial score (nSPS) is 13.9. The van der Waals surface area contributed by atoms with Crippen molar-refractivity contribution in [1.82, 2.24) is 14.9 Å². The Balaban J connectivity index is 2.88. The van der Waals surface area contributed by atoms with E-state index in [1.807, 2.05) is 20.8 Å². The van der Waals surface area contributed by atoms with Crippen LogP contribution >= 0.6 is 0 Å². The van der Waals surface area contributed by atoms with Crippen molar-refractivity contribution in [3.63, 3.8) is 0 Å². The van der Waals surface area contributed by atoms with Crippen LogP contribution in [0.1, 0.15) is 26.3 Å². The Hall–Kier alpha value is -0.960. The number of nitrogens with zero attached hydrogens (tertiary/aromatic N) is 1. The molecular weight excluding hydrogens is 268 g/mol. The lowest BCUT2D eigenvalue weighted by atomic mass is 10.1. The molecule has 110 valence electrons. The highest BCUT2D eigenvalue weighted by atomic mass is 32.2. The van der Waals surface area contributed by atoms with E-state index in [4.69, 9.17) is 10.5 Å². The van der Waals surface area contributed by atoms with Crippen LogP contribution in [-0.2, 0) is 21.3 Å². The van der Waals surface area contributed by atoms with Crippen LogP contribution in [0.15, 0.2) is 11.2 Å². The number of H-pyrrole nitrogens is 1. The smallest absolute Gasteiger partial charge is 0.258 e. The first-order valence-corrected chi connectivity index (χ1v) is 7.73. The second-order valence-corrected chi connectivity index (χ2v) is 6.21. The van der Waals surface area contributed by atoms with Gasteiger partial charge in [0.25, 0.3) is 10.0 Å². The van der Waals surface area contributed by atoms with Gasteiger partial charge in [0.15, 0.2) is 5.03 Å². The molecule has 1 unspecified atom stereocenters. The van der Waals surface area contributed by atoms with Crippen molar-refractivity contribution >= 4 is 10.0 Å². The lowest BCUT2D eigenvalue weighted by Crippen LogP contribution is -2.42. The summed E-state index contributed by atoms with van der Waals surface area (Å²) in [6, 6.07) is -0.293. The van der Waals surface area contributed by atoms with E-state index in [1.165, 1.54) is 6.20 Å². The molecule has 1 aromatic rings. The van der Waals surface area contributed by atoms with E-state index in [1.54, 1.807) is 0 Å². The molecule has 0 spiro atoms. The van der Waals surface area contributed by atoms with Crippen LogP contribution in [0.4, 0.5) is 0 Å². The van der Waals surface area contributed by atoms with Crippen molar-refractivity contribution in [2.24, 2.45) is 11.7 Å². The number of aromatic nitrogens is 2. The van der Waals surface area contributed by atoms with Crippen LogP contribution in [0.3, 0.4) is 0 Å². The largest absolute Gasteiger partial charge is 0.380 e. The summed E-state index contributed by atoms with van der Waals surface area (Å²) in [5.41, 5.74) is 5.95. The zero-order valence-corrected chi connectivity index (χ0v) is 12.3. The number of aromatic amines is 1. The fourth-order valence-electron chi connectivity index (χ4n) is 1.54. The van der Waals surface area contributed by atoms with E-state index in [2.05, 4.69) is 14.9 Å². The maximum atomic E-state index is 12.3. The Kier molecular flexibility index (Phi) is 5.92. The Bertz CT molecular complexity index is 484. The molecule has 0 fully saturated rings. The third-order valence-corrected chi connectivity index (χ3v) is 4.28. The Morgan fingerprint density at radius 3 is 2.74 bits per heavy atom. The van der Waals surface area contributed by atoms with Crippen molar-refractivity contribution in [2.75, 3.05) is 13.2 Å². The fourth-order valence-corrected chi connectivity index (χ4v) is 3.05. The van der Waals surface area contributed by atoms with Crippen molar-refractivity contribution in [2.45, 2.75) is 38.4 Å². The molecule has 0 aliphatic carbocycles. The maximum absolute atomic E-state index is 12.3. The quantitative estimate of drug-likeness (QED) is 0.634. The lowest BCUT2D eigenvalue weighted by Gasteiger charge is -2.21. The standard InChI is InChI=1S/C11H22N4O3S/c1-4-18-7-10(8(2)3)15-19(16,17)11-9(5-12)6-13-14-11/h6,8,10,15H,4-5,7,12H2,1-3H3,(H,13,14). The van der Waals surface area contributed by atoms with E-state index in [-0.39, 0.29) is 23.5 Å². The first-order valence-electron chi connectivity index (χ1n) is 6.24. The minimum atomic E-state index is -3.66. The summed E-state index contributed by atoms with van der Waals surface area (Å²) in [6.07, 6.45) is 1.42. The average Bonchev–Trinajstić information content (AvgIpc) is 2.83. The molecule has 0 amide bonds. The summed E-state index contributed by atoms with van der Waals surface area (Å²) in [7, 11) is -3.66. The number of hydrogen-bond donors (Lipinski definition) is 3. The molecule has 1 aromatic heterocycles. The Morgan fingerprint density at radius 1 is 1.53 bits per heavy atom. The lowest BCUT2D eigenvalue weighted by molar-refractivity contribution is 0.116. The van der Waals surface area contributed by atoms with Gasteiger partial charge < -0.3 is 10.5 Å². The first kappa shape index (κ1) is 16.1. The van der Waals surface area contributed by atoms with Crippen LogP contribution in [-0.4, -0.2) is 37.9 Å². The van der Waals surface area contributed by atoms with Crippen LogP contribution in [0, 0.1) is 5.92 Å². The van der Waals surface area contributed by atoms with Crippen molar-refractivity contribution in [3.8, 4) is 0 Å². The molecule has 4 N–H and O–H groups in total. The number of nitrogens with one attached hydrogen (secondary N) is 2. The molecule has 0 aromatic carbocycles. The van der Waals surface area contributed by atoms with E-state index < -0.39 is 10.0 Å². The highest BCUT2D eigenvalue weighted by molar-refractivity contribution is 7.89. The molecule has 1 atom stereocenters. The SMILES string of the molecule is CCOCC(NS(=O)(=O)c1[nH]ncc1CN)C(C)C. The molecule has 0 aliphatic rings. The van der Waals surface area contributed by atoms with Gasteiger partial charge in [0.2, 0.25) is 0 Å². The van der Waals surface area contributed by atoms with E-state index in [9.17, 15) is 8.42 Å². The molecule has 0 radical (unpaired) electrons. The van der Waals surface area contributed by atoms with E-state index in [0.717, 1.165) is 0 Å². The Morgan fingerprint density at radius 2 is 2.21 bits per heavy atom. The van der Waals surface area contributed by atoms with Crippen molar-refractivity contribution in [1.29, 1.82) is 0 Å². The van der Waals surface area contributed by atoms with Gasteiger partial charge in [-0.1, -0.05) is 13.8 Å². The van der Waals surface area contributed by atoms with Crippen LogP contribution < -0.4 is 10.5 Å². The van der Waals surface area contributed by atoms with Crippen LogP contribution in [0.2, 0.25) is 0 Å². The molecule has 0 saturated carbocycles. The van der Waals surface area contributed by atoms with E-state index in [0.29, 0.717) is 18.8 Å². The summed E-state index contributed by atoms with van der Waals surface area (Å²) in [4.78, 5) is 0. The zero-order valence-electron chi connectivity index (χ0n) is 11.5. The molecular formula is C11H22N4O3S. The maximum Gasteiger partial charge on any atom is 0.258 e. The average molecular weight is 290 g/mol. The highest BCUT2D eigenvalue weighted by Gasteiger charge is 2.25. The Labute approximate surface area is 114 Å². The summed E-state index contributed by atoms with van der Waals surface area (Å²) in [5, 5.41) is 6.22. The predicted molar refractivity (Wildman–Crippen MR) is 71.9 cm³/mol. The summed E-state index contributed by atoms with van der Waals surface area (Å²) >= 11 is 0. The van der Waals surface area contributed by atoms with E-state index >= 15 is 0 Å². The fraction of sp³-hybridized carbons (Fsp3) is 0.727. The molecule has 1 rings (SSSR count). The minimum Gasteiger partial charge on any atom is -0.380 e. The van der Waals surface area contributed by atoms with Crippen LogP contribution in [0.5, 0.6) is 0 Å². The van der Waals surface area contributed by atoms with Crippen molar-refractivity contribution in [3.05, 3.63) is 11.8 Å². The minimum absolute atomic E-state index is 0.0251. The molecule has 19 heavy (non-hydrogen) atoms. The van der Waals surface area contributed by atoms with Gasteiger partial charge in [-0.2, -0.15) is 5.10 Å².